The Morgan fingerprint density at radius 2 is 1.50 bits per heavy atom. The summed E-state index contributed by atoms with van der Waals surface area (Å²) in [6.07, 6.45) is 8.87. The normalized spacial score (nSPS) is 11.0. The summed E-state index contributed by atoms with van der Waals surface area (Å²) in [6.45, 7) is 6.60. The molecule has 0 aliphatic carbocycles. The van der Waals surface area contributed by atoms with Crippen molar-refractivity contribution in [3.05, 3.63) is 12.2 Å². The van der Waals surface area contributed by atoms with Crippen molar-refractivity contribution in [2.75, 3.05) is 6.61 Å². The summed E-state index contributed by atoms with van der Waals surface area (Å²) < 4.78 is 10.3. The second-order valence-corrected chi connectivity index (χ2v) is 4.84. The first-order valence-electron chi connectivity index (χ1n) is 7.69. The van der Waals surface area contributed by atoms with Crippen LogP contribution in [0.25, 0.3) is 0 Å². The van der Waals surface area contributed by atoms with E-state index >= 15 is 0 Å². The van der Waals surface area contributed by atoms with Crippen LogP contribution < -0.4 is 0 Å². The Balaban J connectivity index is 3.97. The van der Waals surface area contributed by atoms with Gasteiger partial charge in [0.25, 0.3) is 0 Å². The van der Waals surface area contributed by atoms with Crippen molar-refractivity contribution in [2.24, 2.45) is 0 Å². The lowest BCUT2D eigenvalue weighted by Crippen LogP contribution is -2.16. The van der Waals surface area contributed by atoms with Gasteiger partial charge < -0.3 is 9.47 Å². The van der Waals surface area contributed by atoms with E-state index in [1.807, 2.05) is 0 Å². The maximum Gasteiger partial charge on any atom is 0.331 e. The summed E-state index contributed by atoms with van der Waals surface area (Å²) in [6, 6.07) is 0. The Morgan fingerprint density at radius 1 is 0.900 bits per heavy atom. The molecule has 0 N–H and O–H groups in total. The maximum atomic E-state index is 11.6. The van der Waals surface area contributed by atoms with E-state index in [-0.39, 0.29) is 6.10 Å². The Bertz CT molecular complexity index is 291. The van der Waals surface area contributed by atoms with Gasteiger partial charge in [-0.3, -0.25) is 0 Å². The van der Waals surface area contributed by atoms with E-state index in [9.17, 15) is 9.59 Å². The van der Waals surface area contributed by atoms with Gasteiger partial charge in [0.15, 0.2) is 0 Å². The minimum atomic E-state index is -0.486. The SMILES string of the molecule is CCCCCOC(=O)/C=C/C(=O)OC(CCC)CCC. The lowest BCUT2D eigenvalue weighted by Gasteiger charge is -2.14. The molecular weight excluding hydrogens is 256 g/mol. The van der Waals surface area contributed by atoms with Crippen LogP contribution in [0.1, 0.15) is 65.7 Å². The van der Waals surface area contributed by atoms with Crippen molar-refractivity contribution < 1.29 is 19.1 Å². The fourth-order valence-electron chi connectivity index (χ4n) is 1.82. The van der Waals surface area contributed by atoms with Crippen molar-refractivity contribution in [3.63, 3.8) is 0 Å². The highest BCUT2D eigenvalue weighted by atomic mass is 16.5. The van der Waals surface area contributed by atoms with Crippen molar-refractivity contribution in [1.82, 2.24) is 0 Å². The Morgan fingerprint density at radius 3 is 2.05 bits per heavy atom. The minimum absolute atomic E-state index is 0.0530. The molecule has 20 heavy (non-hydrogen) atoms. The predicted molar refractivity (Wildman–Crippen MR) is 79.3 cm³/mol. The third-order valence-corrected chi connectivity index (χ3v) is 2.85. The van der Waals surface area contributed by atoms with E-state index < -0.39 is 11.9 Å². The van der Waals surface area contributed by atoms with Gasteiger partial charge in [0.2, 0.25) is 0 Å². The molecule has 0 unspecified atom stereocenters. The van der Waals surface area contributed by atoms with Crippen LogP contribution in [-0.4, -0.2) is 24.6 Å². The van der Waals surface area contributed by atoms with Gasteiger partial charge in [-0.2, -0.15) is 0 Å². The van der Waals surface area contributed by atoms with Gasteiger partial charge in [0.1, 0.15) is 6.10 Å². The molecule has 0 rings (SSSR count). The molecule has 116 valence electrons. The fourth-order valence-corrected chi connectivity index (χ4v) is 1.82. The summed E-state index contributed by atoms with van der Waals surface area (Å²) in [7, 11) is 0. The minimum Gasteiger partial charge on any atom is -0.463 e. The monoisotopic (exact) mass is 284 g/mol. The van der Waals surface area contributed by atoms with Gasteiger partial charge in [-0.1, -0.05) is 46.5 Å². The van der Waals surface area contributed by atoms with Crippen LogP contribution in [0.3, 0.4) is 0 Å². The van der Waals surface area contributed by atoms with Crippen molar-refractivity contribution in [3.8, 4) is 0 Å². The summed E-state index contributed by atoms with van der Waals surface area (Å²) in [5, 5.41) is 0. The van der Waals surface area contributed by atoms with Crippen LogP contribution in [0.15, 0.2) is 12.2 Å². The molecule has 0 bridgehead atoms. The highest BCUT2D eigenvalue weighted by molar-refractivity contribution is 5.91. The first-order valence-corrected chi connectivity index (χ1v) is 7.69. The van der Waals surface area contributed by atoms with Gasteiger partial charge >= 0.3 is 11.9 Å². The predicted octanol–water partition coefficient (Wildman–Crippen LogP) is 3.79. The van der Waals surface area contributed by atoms with Gasteiger partial charge in [0, 0.05) is 12.2 Å². The third kappa shape index (κ3) is 10.6. The van der Waals surface area contributed by atoms with Crippen molar-refractivity contribution in [1.29, 1.82) is 0 Å². The number of carbonyl (C=O) groups excluding carboxylic acids is 2. The molecule has 0 saturated carbocycles. The molecule has 0 amide bonds. The average Bonchev–Trinajstić information content (AvgIpc) is 2.42. The first-order chi connectivity index (χ1) is 9.63. The molecular formula is C16H28O4. The molecule has 0 radical (unpaired) electrons. The molecule has 0 spiro atoms. The van der Waals surface area contributed by atoms with Crippen molar-refractivity contribution >= 4 is 11.9 Å². The highest BCUT2D eigenvalue weighted by Crippen LogP contribution is 2.09. The summed E-state index contributed by atoms with van der Waals surface area (Å²) in [4.78, 5) is 22.9. The number of ether oxygens (including phenoxy) is 2. The van der Waals surface area contributed by atoms with E-state index in [4.69, 9.17) is 9.47 Å². The van der Waals surface area contributed by atoms with Crippen LogP contribution in [0.4, 0.5) is 0 Å². The second-order valence-electron chi connectivity index (χ2n) is 4.84. The third-order valence-electron chi connectivity index (χ3n) is 2.85. The van der Waals surface area contributed by atoms with Crippen LogP contribution in [-0.2, 0) is 19.1 Å². The van der Waals surface area contributed by atoms with Gasteiger partial charge in [0.05, 0.1) is 6.61 Å². The molecule has 0 aromatic carbocycles. The molecule has 0 aromatic rings. The van der Waals surface area contributed by atoms with E-state index in [0.717, 1.165) is 57.1 Å². The first kappa shape index (κ1) is 18.7. The molecule has 4 heteroatoms. The van der Waals surface area contributed by atoms with E-state index in [1.54, 1.807) is 0 Å². The topological polar surface area (TPSA) is 52.6 Å². The Kier molecular flexibility index (Phi) is 11.9. The molecule has 0 aliphatic heterocycles. The zero-order chi connectivity index (χ0) is 15.2. The number of hydrogen-bond acceptors (Lipinski definition) is 4. The van der Waals surface area contributed by atoms with Crippen LogP contribution in [0.2, 0.25) is 0 Å². The van der Waals surface area contributed by atoms with Crippen LogP contribution in [0, 0.1) is 0 Å². The fraction of sp³-hybridized carbons (Fsp3) is 0.750. The molecule has 0 aromatic heterocycles. The lowest BCUT2D eigenvalue weighted by atomic mass is 10.1. The van der Waals surface area contributed by atoms with E-state index in [0.29, 0.717) is 6.61 Å². The van der Waals surface area contributed by atoms with Crippen LogP contribution >= 0.6 is 0 Å². The molecule has 0 fully saturated rings. The van der Waals surface area contributed by atoms with Gasteiger partial charge in [-0.25, -0.2) is 9.59 Å². The average molecular weight is 284 g/mol. The number of unbranched alkanes of at least 4 members (excludes halogenated alkanes) is 2. The smallest absolute Gasteiger partial charge is 0.331 e. The Hall–Kier alpha value is -1.32. The quantitative estimate of drug-likeness (QED) is 0.329. The van der Waals surface area contributed by atoms with E-state index in [2.05, 4.69) is 20.8 Å². The molecule has 0 heterocycles. The molecule has 0 aliphatic rings. The summed E-state index contributed by atoms with van der Waals surface area (Å²) in [5.41, 5.74) is 0. The Labute approximate surface area is 122 Å². The second kappa shape index (κ2) is 12.7. The number of esters is 2. The maximum absolute atomic E-state index is 11.6. The van der Waals surface area contributed by atoms with Crippen LogP contribution in [0.5, 0.6) is 0 Å². The number of carbonyl (C=O) groups is 2. The lowest BCUT2D eigenvalue weighted by molar-refractivity contribution is -0.144. The summed E-state index contributed by atoms with van der Waals surface area (Å²) >= 11 is 0. The largest absolute Gasteiger partial charge is 0.463 e. The molecule has 0 saturated heterocycles. The van der Waals surface area contributed by atoms with Gasteiger partial charge in [-0.15, -0.1) is 0 Å². The molecule has 0 atom stereocenters. The van der Waals surface area contributed by atoms with Crippen molar-refractivity contribution in [2.45, 2.75) is 71.8 Å². The number of rotatable bonds is 11. The number of hydrogen-bond donors (Lipinski definition) is 0. The zero-order valence-corrected chi connectivity index (χ0v) is 13.0. The zero-order valence-electron chi connectivity index (χ0n) is 13.0. The van der Waals surface area contributed by atoms with E-state index in [1.165, 1.54) is 0 Å². The summed E-state index contributed by atoms with van der Waals surface area (Å²) in [5.74, 6) is -0.956. The molecule has 4 nitrogen and oxygen atoms in total. The highest BCUT2D eigenvalue weighted by Gasteiger charge is 2.11. The standard InChI is InChI=1S/C16H28O4/c1-4-7-8-13-19-15(17)11-12-16(18)20-14(9-5-2)10-6-3/h11-12,14H,4-10,13H2,1-3H3/b12-11+. The van der Waals surface area contributed by atoms with Gasteiger partial charge in [-0.05, 0) is 19.3 Å².